The molecule has 0 radical (unpaired) electrons. The van der Waals surface area contributed by atoms with Crippen molar-refractivity contribution in [2.45, 2.75) is 6.54 Å². The number of fused-ring (bicyclic) bond motifs is 1. The zero-order valence-corrected chi connectivity index (χ0v) is 10.1. The summed E-state index contributed by atoms with van der Waals surface area (Å²) in [6.07, 6.45) is 1.88. The van der Waals surface area contributed by atoms with Crippen LogP contribution >= 0.6 is 0 Å². The average molecular weight is 246 g/mol. The summed E-state index contributed by atoms with van der Waals surface area (Å²) in [7, 11) is 1.85. The maximum Gasteiger partial charge on any atom is 0.163 e. The highest BCUT2D eigenvalue weighted by molar-refractivity contribution is 5.55. The molecule has 6 nitrogen and oxygen atoms in total. The van der Waals surface area contributed by atoms with Crippen molar-refractivity contribution >= 4 is 5.69 Å². The first-order valence-corrected chi connectivity index (χ1v) is 5.80. The lowest BCUT2D eigenvalue weighted by atomic mass is 10.2. The van der Waals surface area contributed by atoms with Gasteiger partial charge < -0.3 is 14.8 Å². The summed E-state index contributed by atoms with van der Waals surface area (Å²) in [4.78, 5) is 0. The van der Waals surface area contributed by atoms with Crippen molar-refractivity contribution in [3.05, 3.63) is 30.1 Å². The largest absolute Gasteiger partial charge is 0.486 e. The van der Waals surface area contributed by atoms with Crippen LogP contribution in [0.5, 0.6) is 11.5 Å². The Kier molecular flexibility index (Phi) is 2.76. The van der Waals surface area contributed by atoms with E-state index in [4.69, 9.17) is 9.47 Å². The van der Waals surface area contributed by atoms with Gasteiger partial charge >= 0.3 is 0 Å². The van der Waals surface area contributed by atoms with E-state index >= 15 is 0 Å². The molecule has 1 aliphatic heterocycles. The molecule has 2 aromatic rings. The molecule has 18 heavy (non-hydrogen) atoms. The van der Waals surface area contributed by atoms with Gasteiger partial charge in [0.15, 0.2) is 11.5 Å². The normalized spacial score (nSPS) is 13.4. The predicted octanol–water partition coefficient (Wildman–Crippen LogP) is 1.20. The fourth-order valence-corrected chi connectivity index (χ4v) is 1.82. The molecule has 2 heterocycles. The number of aryl methyl sites for hydroxylation is 1. The molecule has 0 saturated heterocycles. The van der Waals surface area contributed by atoms with Crippen LogP contribution in [0.25, 0.3) is 0 Å². The van der Waals surface area contributed by atoms with Gasteiger partial charge in [0.25, 0.3) is 0 Å². The molecular weight excluding hydrogens is 232 g/mol. The van der Waals surface area contributed by atoms with Crippen LogP contribution in [0.2, 0.25) is 0 Å². The minimum Gasteiger partial charge on any atom is -0.486 e. The number of anilines is 1. The Hall–Kier alpha value is -2.24. The SMILES string of the molecule is Cn1cc(CNc2ccc3c(c2)OCCO3)nn1. The Morgan fingerprint density at radius 3 is 2.89 bits per heavy atom. The number of aromatic nitrogens is 3. The lowest BCUT2D eigenvalue weighted by molar-refractivity contribution is 0.171. The molecule has 0 atom stereocenters. The van der Waals surface area contributed by atoms with Gasteiger partial charge in [-0.25, -0.2) is 0 Å². The van der Waals surface area contributed by atoms with Gasteiger partial charge in [0, 0.05) is 25.0 Å². The molecule has 1 aliphatic rings. The van der Waals surface area contributed by atoms with Gasteiger partial charge in [-0.3, -0.25) is 4.68 Å². The standard InChI is InChI=1S/C12H14N4O2/c1-16-8-10(14-15-16)7-13-9-2-3-11-12(6-9)18-5-4-17-11/h2-3,6,8,13H,4-5,7H2,1H3. The van der Waals surface area contributed by atoms with E-state index in [1.54, 1.807) is 4.68 Å². The highest BCUT2D eigenvalue weighted by atomic mass is 16.6. The number of nitrogens with zero attached hydrogens (tertiary/aromatic N) is 3. The molecule has 6 heteroatoms. The molecular formula is C12H14N4O2. The number of benzene rings is 1. The van der Waals surface area contributed by atoms with Crippen molar-refractivity contribution in [1.29, 1.82) is 0 Å². The van der Waals surface area contributed by atoms with Crippen LogP contribution < -0.4 is 14.8 Å². The smallest absolute Gasteiger partial charge is 0.163 e. The summed E-state index contributed by atoms with van der Waals surface area (Å²) in [6.45, 7) is 1.84. The monoisotopic (exact) mass is 246 g/mol. The second-order valence-electron chi connectivity index (χ2n) is 4.10. The van der Waals surface area contributed by atoms with Crippen molar-refractivity contribution in [1.82, 2.24) is 15.0 Å². The zero-order chi connectivity index (χ0) is 12.4. The number of rotatable bonds is 3. The topological polar surface area (TPSA) is 61.2 Å². The van der Waals surface area contributed by atoms with E-state index in [0.29, 0.717) is 19.8 Å². The first kappa shape index (κ1) is 10.9. The van der Waals surface area contributed by atoms with Crippen LogP contribution in [0.15, 0.2) is 24.4 Å². The van der Waals surface area contributed by atoms with Gasteiger partial charge in [-0.05, 0) is 12.1 Å². The van der Waals surface area contributed by atoms with Crippen molar-refractivity contribution in [2.24, 2.45) is 7.05 Å². The van der Waals surface area contributed by atoms with Gasteiger partial charge in [0.1, 0.15) is 18.9 Å². The van der Waals surface area contributed by atoms with E-state index in [-0.39, 0.29) is 0 Å². The third kappa shape index (κ3) is 2.22. The van der Waals surface area contributed by atoms with E-state index in [1.165, 1.54) is 0 Å². The lowest BCUT2D eigenvalue weighted by Gasteiger charge is -2.19. The lowest BCUT2D eigenvalue weighted by Crippen LogP contribution is -2.15. The molecule has 0 aliphatic carbocycles. The van der Waals surface area contributed by atoms with Crippen molar-refractivity contribution in [2.75, 3.05) is 18.5 Å². The predicted molar refractivity (Wildman–Crippen MR) is 65.8 cm³/mol. The molecule has 94 valence electrons. The Morgan fingerprint density at radius 2 is 2.11 bits per heavy atom. The summed E-state index contributed by atoms with van der Waals surface area (Å²) in [6, 6.07) is 5.81. The molecule has 0 bridgehead atoms. The second-order valence-corrected chi connectivity index (χ2v) is 4.10. The van der Waals surface area contributed by atoms with Gasteiger partial charge in [0.05, 0.1) is 6.54 Å². The maximum absolute atomic E-state index is 5.52. The molecule has 1 N–H and O–H groups in total. The molecule has 0 amide bonds. The summed E-state index contributed by atoms with van der Waals surface area (Å²) < 4.78 is 12.7. The molecule has 1 aromatic carbocycles. The highest BCUT2D eigenvalue weighted by Crippen LogP contribution is 2.32. The molecule has 0 fully saturated rings. The van der Waals surface area contributed by atoms with Crippen LogP contribution in [-0.4, -0.2) is 28.2 Å². The van der Waals surface area contributed by atoms with Crippen molar-refractivity contribution in [3.8, 4) is 11.5 Å². The fourth-order valence-electron chi connectivity index (χ4n) is 1.82. The van der Waals surface area contributed by atoms with Gasteiger partial charge in [-0.15, -0.1) is 5.10 Å². The third-order valence-corrected chi connectivity index (χ3v) is 2.67. The fraction of sp³-hybridized carbons (Fsp3) is 0.333. The van der Waals surface area contributed by atoms with Gasteiger partial charge in [0.2, 0.25) is 0 Å². The minimum atomic E-state index is 0.598. The van der Waals surface area contributed by atoms with Crippen molar-refractivity contribution < 1.29 is 9.47 Å². The summed E-state index contributed by atoms with van der Waals surface area (Å²) in [5.74, 6) is 1.58. The molecule has 0 unspecified atom stereocenters. The van der Waals surface area contributed by atoms with Gasteiger partial charge in [-0.2, -0.15) is 0 Å². The van der Waals surface area contributed by atoms with Crippen molar-refractivity contribution in [3.63, 3.8) is 0 Å². The first-order chi connectivity index (χ1) is 8.81. The molecule has 0 spiro atoms. The number of nitrogens with one attached hydrogen (secondary N) is 1. The second kappa shape index (κ2) is 4.56. The quantitative estimate of drug-likeness (QED) is 0.881. The molecule has 1 aromatic heterocycles. The summed E-state index contributed by atoms with van der Waals surface area (Å²) >= 11 is 0. The van der Waals surface area contributed by atoms with Crippen LogP contribution in [-0.2, 0) is 13.6 Å². The van der Waals surface area contributed by atoms with Gasteiger partial charge in [-0.1, -0.05) is 5.21 Å². The summed E-state index contributed by atoms with van der Waals surface area (Å²) in [5.41, 5.74) is 1.87. The Balaban J connectivity index is 1.69. The third-order valence-electron chi connectivity index (χ3n) is 2.67. The number of ether oxygens (including phenoxy) is 2. The average Bonchev–Trinajstić information content (AvgIpc) is 2.82. The number of hydrogen-bond acceptors (Lipinski definition) is 5. The Labute approximate surface area is 105 Å². The van der Waals surface area contributed by atoms with Crippen LogP contribution in [0.4, 0.5) is 5.69 Å². The maximum atomic E-state index is 5.52. The van der Waals surface area contributed by atoms with Crippen LogP contribution in [0.3, 0.4) is 0 Å². The van der Waals surface area contributed by atoms with E-state index in [2.05, 4.69) is 15.6 Å². The molecule has 3 rings (SSSR count). The minimum absolute atomic E-state index is 0.598. The first-order valence-electron chi connectivity index (χ1n) is 5.80. The van der Waals surface area contributed by atoms with Crippen LogP contribution in [0.1, 0.15) is 5.69 Å². The van der Waals surface area contributed by atoms with E-state index in [9.17, 15) is 0 Å². The molecule has 0 saturated carbocycles. The summed E-state index contributed by atoms with van der Waals surface area (Å²) in [5, 5.41) is 11.2. The number of hydrogen-bond donors (Lipinski definition) is 1. The zero-order valence-electron chi connectivity index (χ0n) is 10.1. The van der Waals surface area contributed by atoms with E-state index in [0.717, 1.165) is 22.9 Å². The van der Waals surface area contributed by atoms with E-state index < -0.39 is 0 Å². The Morgan fingerprint density at radius 1 is 1.28 bits per heavy atom. The van der Waals surface area contributed by atoms with E-state index in [1.807, 2.05) is 31.4 Å². The van der Waals surface area contributed by atoms with Crippen LogP contribution in [0, 0.1) is 0 Å². The Bertz CT molecular complexity index is 553. The highest BCUT2D eigenvalue weighted by Gasteiger charge is 2.11.